The minimum atomic E-state index is -3.34. The number of hydrogen-bond donors (Lipinski definition) is 1. The molecule has 1 atom stereocenters. The SMILES string of the molecule is Cc1cccc(C2=N[C@@H](CC(C)C)CO2)c1NS(C)(=O)=O. The third-order valence-electron chi connectivity index (χ3n) is 3.25. The topological polar surface area (TPSA) is 67.8 Å². The lowest BCUT2D eigenvalue weighted by atomic mass is 10.1. The maximum absolute atomic E-state index is 11.5. The Morgan fingerprint density at radius 2 is 2.14 bits per heavy atom. The molecule has 0 spiro atoms. The first-order valence-electron chi connectivity index (χ1n) is 7.04. The third-order valence-corrected chi connectivity index (χ3v) is 3.82. The van der Waals surface area contributed by atoms with Crippen LogP contribution in [-0.4, -0.2) is 33.2 Å². The zero-order valence-electron chi connectivity index (χ0n) is 12.9. The Labute approximate surface area is 126 Å². The van der Waals surface area contributed by atoms with Gasteiger partial charge in [-0.05, 0) is 30.9 Å². The Kier molecular flexibility index (Phi) is 4.56. The van der Waals surface area contributed by atoms with Gasteiger partial charge in [0.25, 0.3) is 0 Å². The summed E-state index contributed by atoms with van der Waals surface area (Å²) in [5, 5.41) is 0. The molecule has 0 amide bonds. The Balaban J connectivity index is 2.34. The quantitative estimate of drug-likeness (QED) is 0.909. The number of anilines is 1. The van der Waals surface area contributed by atoms with Crippen molar-refractivity contribution in [3.05, 3.63) is 29.3 Å². The van der Waals surface area contributed by atoms with E-state index in [-0.39, 0.29) is 6.04 Å². The number of para-hydroxylation sites is 1. The van der Waals surface area contributed by atoms with Crippen molar-refractivity contribution in [3.63, 3.8) is 0 Å². The predicted molar refractivity (Wildman–Crippen MR) is 85.4 cm³/mol. The van der Waals surface area contributed by atoms with Crippen LogP contribution >= 0.6 is 0 Å². The van der Waals surface area contributed by atoms with E-state index in [0.717, 1.165) is 18.2 Å². The molecule has 0 fully saturated rings. The van der Waals surface area contributed by atoms with E-state index in [1.54, 1.807) is 0 Å². The summed E-state index contributed by atoms with van der Waals surface area (Å²) in [6.07, 6.45) is 2.10. The molecule has 1 aliphatic heterocycles. The van der Waals surface area contributed by atoms with E-state index < -0.39 is 10.0 Å². The fraction of sp³-hybridized carbons (Fsp3) is 0.533. The summed E-state index contributed by atoms with van der Waals surface area (Å²) < 4.78 is 31.3. The van der Waals surface area contributed by atoms with E-state index in [1.807, 2.05) is 25.1 Å². The van der Waals surface area contributed by atoms with Gasteiger partial charge in [0.15, 0.2) is 0 Å². The van der Waals surface area contributed by atoms with Crippen molar-refractivity contribution < 1.29 is 13.2 Å². The zero-order valence-corrected chi connectivity index (χ0v) is 13.7. The minimum absolute atomic E-state index is 0.145. The zero-order chi connectivity index (χ0) is 15.6. The van der Waals surface area contributed by atoms with Crippen LogP contribution in [-0.2, 0) is 14.8 Å². The van der Waals surface area contributed by atoms with Crippen molar-refractivity contribution in [2.45, 2.75) is 33.2 Å². The number of ether oxygens (including phenoxy) is 1. The standard InChI is InChI=1S/C15H22N2O3S/c1-10(2)8-12-9-20-15(16-12)13-7-5-6-11(3)14(13)17-21(4,18)19/h5-7,10,12,17H,8-9H2,1-4H3/t12-/m0/s1. The molecule has 0 bridgehead atoms. The van der Waals surface area contributed by atoms with Crippen molar-refractivity contribution in [1.29, 1.82) is 0 Å². The number of hydrogen-bond acceptors (Lipinski definition) is 4. The molecule has 0 aliphatic carbocycles. The Hall–Kier alpha value is -1.56. The summed E-state index contributed by atoms with van der Waals surface area (Å²) in [7, 11) is -3.34. The fourth-order valence-electron chi connectivity index (χ4n) is 2.39. The van der Waals surface area contributed by atoms with Gasteiger partial charge >= 0.3 is 0 Å². The first kappa shape index (κ1) is 15.8. The highest BCUT2D eigenvalue weighted by atomic mass is 32.2. The van der Waals surface area contributed by atoms with Crippen LogP contribution in [0.4, 0.5) is 5.69 Å². The van der Waals surface area contributed by atoms with E-state index in [4.69, 9.17) is 4.74 Å². The van der Waals surface area contributed by atoms with Crippen LogP contribution < -0.4 is 4.72 Å². The highest BCUT2D eigenvalue weighted by molar-refractivity contribution is 7.92. The van der Waals surface area contributed by atoms with Crippen molar-refractivity contribution in [2.75, 3.05) is 17.6 Å². The van der Waals surface area contributed by atoms with Crippen LogP contribution in [0, 0.1) is 12.8 Å². The molecular formula is C15H22N2O3S. The minimum Gasteiger partial charge on any atom is -0.475 e. The van der Waals surface area contributed by atoms with Crippen LogP contribution in [0.2, 0.25) is 0 Å². The first-order chi connectivity index (χ1) is 9.76. The average Bonchev–Trinajstić information content (AvgIpc) is 2.77. The lowest BCUT2D eigenvalue weighted by molar-refractivity contribution is 0.301. The fourth-order valence-corrected chi connectivity index (χ4v) is 3.04. The number of benzene rings is 1. The molecule has 1 N–H and O–H groups in total. The highest BCUT2D eigenvalue weighted by Crippen LogP contribution is 2.26. The van der Waals surface area contributed by atoms with Gasteiger partial charge < -0.3 is 4.74 Å². The third kappa shape index (κ3) is 4.20. The lowest BCUT2D eigenvalue weighted by Gasteiger charge is -2.13. The van der Waals surface area contributed by atoms with Gasteiger partial charge in [-0.25, -0.2) is 13.4 Å². The van der Waals surface area contributed by atoms with Gasteiger partial charge in [0.2, 0.25) is 15.9 Å². The van der Waals surface area contributed by atoms with Crippen molar-refractivity contribution in [3.8, 4) is 0 Å². The van der Waals surface area contributed by atoms with E-state index in [1.165, 1.54) is 0 Å². The first-order valence-corrected chi connectivity index (χ1v) is 8.94. The van der Waals surface area contributed by atoms with Gasteiger partial charge in [-0.1, -0.05) is 26.0 Å². The van der Waals surface area contributed by atoms with Gasteiger partial charge in [-0.15, -0.1) is 0 Å². The molecule has 1 heterocycles. The second-order valence-corrected chi connectivity index (χ2v) is 7.65. The molecule has 21 heavy (non-hydrogen) atoms. The van der Waals surface area contributed by atoms with Crippen molar-refractivity contribution in [2.24, 2.45) is 10.9 Å². The second-order valence-electron chi connectivity index (χ2n) is 5.90. The lowest BCUT2D eigenvalue weighted by Crippen LogP contribution is -2.15. The summed E-state index contributed by atoms with van der Waals surface area (Å²) in [5.74, 6) is 1.07. The number of sulfonamides is 1. The molecule has 0 aromatic heterocycles. The molecule has 1 aromatic carbocycles. The average molecular weight is 310 g/mol. The summed E-state index contributed by atoms with van der Waals surface area (Å²) in [5.41, 5.74) is 2.09. The molecule has 0 saturated heterocycles. The largest absolute Gasteiger partial charge is 0.475 e. The molecule has 2 rings (SSSR count). The van der Waals surface area contributed by atoms with E-state index in [9.17, 15) is 8.42 Å². The molecule has 1 aromatic rings. The molecule has 6 heteroatoms. The van der Waals surface area contributed by atoms with Gasteiger partial charge in [0.05, 0.1) is 23.5 Å². The number of rotatable bonds is 5. The Bertz CT molecular complexity index is 651. The summed E-state index contributed by atoms with van der Waals surface area (Å²) in [6.45, 7) is 6.71. The maximum Gasteiger partial charge on any atom is 0.229 e. The van der Waals surface area contributed by atoms with Gasteiger partial charge in [-0.2, -0.15) is 0 Å². The molecule has 0 saturated carbocycles. The van der Waals surface area contributed by atoms with E-state index in [2.05, 4.69) is 23.6 Å². The molecular weight excluding hydrogens is 288 g/mol. The second kappa shape index (κ2) is 6.05. The summed E-state index contributed by atoms with van der Waals surface area (Å²) in [6, 6.07) is 5.71. The maximum atomic E-state index is 11.5. The van der Waals surface area contributed by atoms with Gasteiger partial charge in [-0.3, -0.25) is 4.72 Å². The summed E-state index contributed by atoms with van der Waals surface area (Å²) >= 11 is 0. The highest BCUT2D eigenvalue weighted by Gasteiger charge is 2.24. The van der Waals surface area contributed by atoms with Crippen molar-refractivity contribution >= 4 is 21.6 Å². The van der Waals surface area contributed by atoms with Crippen LogP contribution in [0.3, 0.4) is 0 Å². The van der Waals surface area contributed by atoms with Crippen LogP contribution in [0.15, 0.2) is 23.2 Å². The Morgan fingerprint density at radius 1 is 1.43 bits per heavy atom. The molecule has 116 valence electrons. The smallest absolute Gasteiger partial charge is 0.229 e. The number of aryl methyl sites for hydroxylation is 1. The molecule has 5 nitrogen and oxygen atoms in total. The number of nitrogens with zero attached hydrogens (tertiary/aromatic N) is 1. The number of nitrogens with one attached hydrogen (secondary N) is 1. The van der Waals surface area contributed by atoms with Gasteiger partial charge in [0.1, 0.15) is 6.61 Å². The normalized spacial score (nSPS) is 18.5. The monoisotopic (exact) mass is 310 g/mol. The predicted octanol–water partition coefficient (Wildman–Crippen LogP) is 2.56. The van der Waals surface area contributed by atoms with Crippen LogP contribution in [0.5, 0.6) is 0 Å². The van der Waals surface area contributed by atoms with Gasteiger partial charge in [0, 0.05) is 0 Å². The molecule has 0 unspecified atom stereocenters. The van der Waals surface area contributed by atoms with Crippen LogP contribution in [0.1, 0.15) is 31.4 Å². The van der Waals surface area contributed by atoms with Crippen molar-refractivity contribution in [1.82, 2.24) is 0 Å². The van der Waals surface area contributed by atoms with E-state index in [0.29, 0.717) is 29.7 Å². The summed E-state index contributed by atoms with van der Waals surface area (Å²) in [4.78, 5) is 4.59. The van der Waals surface area contributed by atoms with Crippen LogP contribution in [0.25, 0.3) is 0 Å². The van der Waals surface area contributed by atoms with E-state index >= 15 is 0 Å². The molecule has 0 radical (unpaired) electrons. The Morgan fingerprint density at radius 3 is 2.76 bits per heavy atom. The number of aliphatic imine (C=N–C) groups is 1. The molecule has 1 aliphatic rings.